The van der Waals surface area contributed by atoms with Gasteiger partial charge in [-0.15, -0.1) is 0 Å². The van der Waals surface area contributed by atoms with Gasteiger partial charge in [0.15, 0.2) is 0 Å². The number of hydrogen-bond acceptors (Lipinski definition) is 1. The van der Waals surface area contributed by atoms with E-state index in [0.29, 0.717) is 11.1 Å². The van der Waals surface area contributed by atoms with Gasteiger partial charge in [0.05, 0.1) is 5.52 Å². The number of aromatic amines is 1. The van der Waals surface area contributed by atoms with Crippen LogP contribution in [0.2, 0.25) is 0 Å². The minimum atomic E-state index is -0.907. The van der Waals surface area contributed by atoms with Crippen LogP contribution in [-0.4, -0.2) is 20.7 Å². The first kappa shape index (κ1) is 6.03. The van der Waals surface area contributed by atoms with E-state index in [0.717, 1.165) is 0 Å². The number of nitrogens with zero attached hydrogens (tertiary/aromatic N) is 1. The molecule has 0 fully saturated rings. The van der Waals surface area contributed by atoms with E-state index in [1.54, 1.807) is 22.8 Å². The van der Waals surface area contributed by atoms with Gasteiger partial charge in [-0.25, -0.2) is 4.79 Å². The summed E-state index contributed by atoms with van der Waals surface area (Å²) in [5, 5.41) is 11.4. The molecular weight excluding hydrogens is 144 g/mol. The molecule has 4 heteroatoms. The van der Waals surface area contributed by atoms with E-state index in [2.05, 4.69) is 5.10 Å². The molecule has 56 valence electrons. The second-order valence-electron chi connectivity index (χ2n) is 2.26. The summed E-state index contributed by atoms with van der Waals surface area (Å²) in [6, 6.07) is 3.54. The Balaban J connectivity index is 2.78. The standard InChI is InChI=1S/C7H6N2O2/c10-7(11)5-4-8-9-3-1-2-6(5)9/h1-4,8H,(H,10,11). The van der Waals surface area contributed by atoms with Crippen molar-refractivity contribution in [2.24, 2.45) is 0 Å². The number of carboxylic acid groups (broad SMARTS) is 1. The molecule has 0 aliphatic rings. The monoisotopic (exact) mass is 150 g/mol. The van der Waals surface area contributed by atoms with E-state index in [-0.39, 0.29) is 0 Å². The van der Waals surface area contributed by atoms with Gasteiger partial charge in [-0.3, -0.25) is 4.52 Å². The van der Waals surface area contributed by atoms with E-state index in [1.807, 2.05) is 0 Å². The lowest BCUT2D eigenvalue weighted by Gasteiger charge is -1.84. The third kappa shape index (κ3) is 0.724. The van der Waals surface area contributed by atoms with Gasteiger partial charge in [0, 0.05) is 12.4 Å². The highest BCUT2D eigenvalue weighted by Gasteiger charge is 2.08. The highest BCUT2D eigenvalue weighted by atomic mass is 16.4. The minimum absolute atomic E-state index is 0.301. The molecule has 0 spiro atoms. The molecular formula is C7H6N2O2. The number of fused-ring (bicyclic) bond motifs is 1. The van der Waals surface area contributed by atoms with Gasteiger partial charge in [0.1, 0.15) is 5.56 Å². The summed E-state index contributed by atoms with van der Waals surface area (Å²) in [5.41, 5.74) is 0.993. The summed E-state index contributed by atoms with van der Waals surface area (Å²) < 4.78 is 1.66. The molecule has 2 N–H and O–H groups in total. The number of carboxylic acids is 1. The lowest BCUT2D eigenvalue weighted by Crippen LogP contribution is -1.93. The van der Waals surface area contributed by atoms with Crippen LogP contribution in [0.4, 0.5) is 0 Å². The van der Waals surface area contributed by atoms with Crippen molar-refractivity contribution >= 4 is 11.5 Å². The molecule has 2 aromatic heterocycles. The van der Waals surface area contributed by atoms with Crippen LogP contribution in [0.1, 0.15) is 10.4 Å². The topological polar surface area (TPSA) is 57.5 Å². The van der Waals surface area contributed by atoms with Crippen LogP contribution in [-0.2, 0) is 0 Å². The fraction of sp³-hybridized carbons (Fsp3) is 0. The smallest absolute Gasteiger partial charge is 0.339 e. The molecule has 0 amide bonds. The van der Waals surface area contributed by atoms with Gasteiger partial charge in [-0.1, -0.05) is 0 Å². The summed E-state index contributed by atoms with van der Waals surface area (Å²) in [5.74, 6) is -0.907. The van der Waals surface area contributed by atoms with E-state index >= 15 is 0 Å². The summed E-state index contributed by atoms with van der Waals surface area (Å²) >= 11 is 0. The van der Waals surface area contributed by atoms with Crippen LogP contribution in [0.5, 0.6) is 0 Å². The summed E-state index contributed by atoms with van der Waals surface area (Å²) in [7, 11) is 0. The number of hydrogen-bond donors (Lipinski definition) is 2. The highest BCUT2D eigenvalue weighted by molar-refractivity contribution is 5.95. The number of H-pyrrole nitrogens is 1. The molecule has 0 unspecified atom stereocenters. The maximum Gasteiger partial charge on any atom is 0.339 e. The van der Waals surface area contributed by atoms with Crippen molar-refractivity contribution in [1.29, 1.82) is 0 Å². The first-order valence-corrected chi connectivity index (χ1v) is 3.17. The first-order valence-electron chi connectivity index (χ1n) is 3.17. The van der Waals surface area contributed by atoms with Gasteiger partial charge in [0.2, 0.25) is 0 Å². The van der Waals surface area contributed by atoms with Gasteiger partial charge < -0.3 is 10.2 Å². The van der Waals surface area contributed by atoms with Crippen molar-refractivity contribution in [3.05, 3.63) is 30.1 Å². The van der Waals surface area contributed by atoms with Crippen molar-refractivity contribution in [3.8, 4) is 0 Å². The molecule has 2 heterocycles. The van der Waals surface area contributed by atoms with E-state index in [1.165, 1.54) is 6.20 Å². The zero-order valence-corrected chi connectivity index (χ0v) is 5.61. The Morgan fingerprint density at radius 2 is 2.45 bits per heavy atom. The number of rotatable bonds is 1. The van der Waals surface area contributed by atoms with E-state index in [4.69, 9.17) is 5.11 Å². The minimum Gasteiger partial charge on any atom is -0.478 e. The van der Waals surface area contributed by atoms with Crippen LogP contribution >= 0.6 is 0 Å². The highest BCUT2D eigenvalue weighted by Crippen LogP contribution is 2.09. The predicted molar refractivity (Wildman–Crippen MR) is 38.7 cm³/mol. The van der Waals surface area contributed by atoms with Crippen LogP contribution in [0.3, 0.4) is 0 Å². The summed E-state index contributed by atoms with van der Waals surface area (Å²) in [6.45, 7) is 0. The molecule has 2 rings (SSSR count). The van der Waals surface area contributed by atoms with Crippen LogP contribution in [0.25, 0.3) is 5.52 Å². The molecule has 2 aromatic rings. The third-order valence-electron chi connectivity index (χ3n) is 1.60. The Kier molecular flexibility index (Phi) is 1.03. The van der Waals surface area contributed by atoms with Crippen molar-refractivity contribution in [2.45, 2.75) is 0 Å². The normalized spacial score (nSPS) is 10.5. The fourth-order valence-electron chi connectivity index (χ4n) is 1.09. The molecule has 0 aliphatic carbocycles. The van der Waals surface area contributed by atoms with Gasteiger partial charge in [-0.2, -0.15) is 0 Å². The molecule has 0 aliphatic heterocycles. The third-order valence-corrected chi connectivity index (χ3v) is 1.60. The lowest BCUT2D eigenvalue weighted by molar-refractivity contribution is 0.0699. The molecule has 0 atom stereocenters. The van der Waals surface area contributed by atoms with Crippen molar-refractivity contribution in [3.63, 3.8) is 0 Å². The Labute approximate surface area is 62.0 Å². The van der Waals surface area contributed by atoms with Crippen LogP contribution in [0.15, 0.2) is 24.5 Å². The van der Waals surface area contributed by atoms with Gasteiger partial charge in [0.25, 0.3) is 0 Å². The summed E-state index contributed by atoms with van der Waals surface area (Å²) in [6.07, 6.45) is 3.24. The Hall–Kier alpha value is -1.71. The molecule has 0 radical (unpaired) electrons. The second-order valence-corrected chi connectivity index (χ2v) is 2.26. The SMILES string of the molecule is O=C(O)c1c[nH]n2cccc12. The van der Waals surface area contributed by atoms with Crippen molar-refractivity contribution in [2.75, 3.05) is 0 Å². The predicted octanol–water partition coefficient (Wildman–Crippen LogP) is 0.966. The maximum absolute atomic E-state index is 10.5. The largest absolute Gasteiger partial charge is 0.478 e. The summed E-state index contributed by atoms with van der Waals surface area (Å²) in [4.78, 5) is 10.5. The zero-order chi connectivity index (χ0) is 7.84. The van der Waals surface area contributed by atoms with Gasteiger partial charge in [-0.05, 0) is 12.1 Å². The van der Waals surface area contributed by atoms with Crippen LogP contribution in [0, 0.1) is 0 Å². The number of aromatic carboxylic acids is 1. The van der Waals surface area contributed by atoms with E-state index in [9.17, 15) is 4.79 Å². The van der Waals surface area contributed by atoms with Crippen LogP contribution < -0.4 is 0 Å². The van der Waals surface area contributed by atoms with Gasteiger partial charge >= 0.3 is 5.97 Å². The quantitative estimate of drug-likeness (QED) is 0.636. The molecule has 0 saturated carbocycles. The zero-order valence-electron chi connectivity index (χ0n) is 5.61. The first-order chi connectivity index (χ1) is 5.29. The molecule has 0 bridgehead atoms. The Bertz CT molecular complexity index is 399. The van der Waals surface area contributed by atoms with Crippen molar-refractivity contribution in [1.82, 2.24) is 9.61 Å². The number of nitrogens with one attached hydrogen (secondary N) is 1. The molecule has 0 saturated heterocycles. The maximum atomic E-state index is 10.5. The fourth-order valence-corrected chi connectivity index (χ4v) is 1.09. The number of carbonyl (C=O) groups is 1. The molecule has 0 aromatic carbocycles. The lowest BCUT2D eigenvalue weighted by atomic mass is 10.3. The van der Waals surface area contributed by atoms with Crippen molar-refractivity contribution < 1.29 is 9.90 Å². The molecule has 11 heavy (non-hydrogen) atoms. The molecule has 4 nitrogen and oxygen atoms in total. The Morgan fingerprint density at radius 3 is 3.18 bits per heavy atom. The Morgan fingerprint density at radius 1 is 1.64 bits per heavy atom. The van der Waals surface area contributed by atoms with E-state index < -0.39 is 5.97 Å². The average Bonchev–Trinajstić information content (AvgIpc) is 2.41. The average molecular weight is 150 g/mol. The second kappa shape index (κ2) is 1.88. The number of aromatic nitrogens is 2.